The fourth-order valence-corrected chi connectivity index (χ4v) is 6.14. The number of fused-ring (bicyclic) bond motifs is 7. The molecule has 39 heavy (non-hydrogen) atoms. The summed E-state index contributed by atoms with van der Waals surface area (Å²) in [6, 6.07) is 20.6. The second-order valence-electron chi connectivity index (χ2n) is 10.6. The van der Waals surface area contributed by atoms with Gasteiger partial charge < -0.3 is 14.0 Å². The van der Waals surface area contributed by atoms with Crippen molar-refractivity contribution in [3.8, 4) is 0 Å². The van der Waals surface area contributed by atoms with E-state index in [2.05, 4.69) is 43.6 Å². The molecule has 2 amide bonds. The zero-order valence-electron chi connectivity index (χ0n) is 22.1. The van der Waals surface area contributed by atoms with Gasteiger partial charge >= 0.3 is 0 Å². The Labute approximate surface area is 226 Å². The highest BCUT2D eigenvalue weighted by molar-refractivity contribution is 6.50. The second kappa shape index (κ2) is 8.98. The molecule has 3 aliphatic heterocycles. The number of amides is 2. The second-order valence-corrected chi connectivity index (χ2v) is 10.6. The van der Waals surface area contributed by atoms with Crippen molar-refractivity contribution >= 4 is 50.6 Å². The predicted octanol–water partition coefficient (Wildman–Crippen LogP) is 4.81. The van der Waals surface area contributed by atoms with Crippen LogP contribution >= 0.6 is 0 Å². The first kappa shape index (κ1) is 23.5. The van der Waals surface area contributed by atoms with E-state index in [1.54, 1.807) is 0 Å². The van der Waals surface area contributed by atoms with Crippen LogP contribution < -0.4 is 10.2 Å². The number of benzene rings is 2. The molecule has 8 rings (SSSR count). The zero-order chi connectivity index (χ0) is 26.7. The monoisotopic (exact) mass is 515 g/mol. The first-order chi connectivity index (χ1) is 19.0. The molecule has 7 nitrogen and oxygen atoms in total. The number of aromatic nitrogens is 3. The molecule has 6 bridgehead atoms. The number of pyridine rings is 1. The van der Waals surface area contributed by atoms with E-state index in [0.29, 0.717) is 17.7 Å². The third kappa shape index (κ3) is 3.76. The standard InChI is InChI=1S/C32H29N5O2/c1-35(2)30-20-8-7-16-36-18-24(22-9-3-5-11-26(22)36)28-29(32(39)34-31(28)38)25-19-37(17-15-21(33-30)14-13-20)27-12-6-4-10-23(25)27/h3-6,9-14,18-19H,7-8,15-17H2,1-2H3,(H,34,38,39). The van der Waals surface area contributed by atoms with Crippen molar-refractivity contribution < 1.29 is 9.59 Å². The highest BCUT2D eigenvalue weighted by Gasteiger charge is 2.35. The number of carbonyl (C=O) groups excluding carboxylic acids is 2. The molecule has 6 heterocycles. The molecule has 5 aromatic rings. The van der Waals surface area contributed by atoms with E-state index in [1.165, 1.54) is 5.56 Å². The van der Waals surface area contributed by atoms with Crippen LogP contribution in [0.2, 0.25) is 0 Å². The van der Waals surface area contributed by atoms with Crippen molar-refractivity contribution in [3.63, 3.8) is 0 Å². The average molecular weight is 516 g/mol. The fraction of sp³-hybridized carbons (Fsp3) is 0.219. The Morgan fingerprint density at radius 3 is 1.95 bits per heavy atom. The van der Waals surface area contributed by atoms with Crippen LogP contribution in [0.1, 0.15) is 28.8 Å². The molecule has 2 aromatic carbocycles. The molecule has 0 fully saturated rings. The van der Waals surface area contributed by atoms with Crippen molar-refractivity contribution in [1.29, 1.82) is 0 Å². The molecule has 1 N–H and O–H groups in total. The molecule has 0 radical (unpaired) electrons. The Morgan fingerprint density at radius 2 is 1.33 bits per heavy atom. The maximum Gasteiger partial charge on any atom is 0.259 e. The summed E-state index contributed by atoms with van der Waals surface area (Å²) in [6.45, 7) is 1.49. The molecule has 0 atom stereocenters. The highest BCUT2D eigenvalue weighted by Crippen LogP contribution is 2.39. The Bertz CT molecular complexity index is 1840. The normalized spacial score (nSPS) is 15.6. The Kier molecular flexibility index (Phi) is 5.40. The van der Waals surface area contributed by atoms with E-state index in [0.717, 1.165) is 70.3 Å². The molecular formula is C32H29N5O2. The number of anilines is 1. The van der Waals surface area contributed by atoms with Crippen molar-refractivity contribution in [2.75, 3.05) is 19.0 Å². The van der Waals surface area contributed by atoms with Crippen LogP contribution in [-0.4, -0.2) is 40.0 Å². The topological polar surface area (TPSA) is 72.2 Å². The van der Waals surface area contributed by atoms with Gasteiger partial charge in [-0.2, -0.15) is 0 Å². The minimum atomic E-state index is -0.347. The van der Waals surface area contributed by atoms with Gasteiger partial charge in [0, 0.05) is 84.6 Å². The Balaban J connectivity index is 1.50. The number of para-hydroxylation sites is 2. The first-order valence-corrected chi connectivity index (χ1v) is 13.4. The molecule has 0 aliphatic carbocycles. The number of rotatable bonds is 1. The van der Waals surface area contributed by atoms with E-state index in [4.69, 9.17) is 4.98 Å². The lowest BCUT2D eigenvalue weighted by Gasteiger charge is -2.18. The van der Waals surface area contributed by atoms with Crippen LogP contribution in [0.5, 0.6) is 0 Å². The molecule has 0 saturated carbocycles. The number of carbonyl (C=O) groups is 2. The van der Waals surface area contributed by atoms with Crippen molar-refractivity contribution in [2.24, 2.45) is 0 Å². The smallest absolute Gasteiger partial charge is 0.259 e. The Hall–Kier alpha value is -4.65. The summed E-state index contributed by atoms with van der Waals surface area (Å²) in [5.41, 5.74) is 6.80. The van der Waals surface area contributed by atoms with Crippen LogP contribution in [-0.2, 0) is 35.5 Å². The summed E-state index contributed by atoms with van der Waals surface area (Å²) in [6.07, 6.45) is 6.63. The third-order valence-corrected chi connectivity index (χ3v) is 7.94. The van der Waals surface area contributed by atoms with E-state index in [1.807, 2.05) is 62.9 Å². The van der Waals surface area contributed by atoms with Gasteiger partial charge in [0.15, 0.2) is 0 Å². The number of hydrogen-bond acceptors (Lipinski definition) is 4. The van der Waals surface area contributed by atoms with Gasteiger partial charge in [-0.25, -0.2) is 4.98 Å². The van der Waals surface area contributed by atoms with Gasteiger partial charge in [0.2, 0.25) is 0 Å². The molecule has 194 valence electrons. The van der Waals surface area contributed by atoms with Gasteiger partial charge in [-0.3, -0.25) is 14.9 Å². The maximum absolute atomic E-state index is 13.4. The van der Waals surface area contributed by atoms with Crippen LogP contribution in [0.15, 0.2) is 73.1 Å². The van der Waals surface area contributed by atoms with Gasteiger partial charge in [-0.15, -0.1) is 0 Å². The van der Waals surface area contributed by atoms with Gasteiger partial charge in [0.25, 0.3) is 11.8 Å². The number of imide groups is 1. The minimum absolute atomic E-state index is 0.343. The molecule has 0 saturated heterocycles. The lowest BCUT2D eigenvalue weighted by atomic mass is 9.95. The highest BCUT2D eigenvalue weighted by atomic mass is 16.2. The molecule has 7 heteroatoms. The van der Waals surface area contributed by atoms with E-state index in [-0.39, 0.29) is 11.8 Å². The lowest BCUT2D eigenvalue weighted by Crippen LogP contribution is -2.22. The van der Waals surface area contributed by atoms with Gasteiger partial charge in [-0.1, -0.05) is 42.5 Å². The van der Waals surface area contributed by atoms with E-state index < -0.39 is 0 Å². The summed E-state index contributed by atoms with van der Waals surface area (Å²) in [5, 5.41) is 4.52. The number of nitrogens with one attached hydrogen (secondary N) is 1. The van der Waals surface area contributed by atoms with Gasteiger partial charge in [-0.05, 0) is 36.6 Å². The summed E-state index contributed by atoms with van der Waals surface area (Å²) in [5.74, 6) is 0.320. The fourth-order valence-electron chi connectivity index (χ4n) is 6.14. The molecule has 0 unspecified atom stereocenters. The van der Waals surface area contributed by atoms with E-state index >= 15 is 0 Å². The Morgan fingerprint density at radius 1 is 0.744 bits per heavy atom. The van der Waals surface area contributed by atoms with E-state index in [9.17, 15) is 9.59 Å². The van der Waals surface area contributed by atoms with Crippen LogP contribution in [0, 0.1) is 0 Å². The van der Waals surface area contributed by atoms with Crippen LogP contribution in [0.3, 0.4) is 0 Å². The number of nitrogens with zero attached hydrogens (tertiary/aromatic N) is 4. The van der Waals surface area contributed by atoms with Gasteiger partial charge in [0.05, 0.1) is 11.1 Å². The van der Waals surface area contributed by atoms with Crippen LogP contribution in [0.25, 0.3) is 33.0 Å². The largest absolute Gasteiger partial charge is 0.363 e. The van der Waals surface area contributed by atoms with Crippen LogP contribution in [0.4, 0.5) is 5.82 Å². The summed E-state index contributed by atoms with van der Waals surface area (Å²) < 4.78 is 4.39. The minimum Gasteiger partial charge on any atom is -0.363 e. The molecule has 0 spiro atoms. The number of hydrogen-bond donors (Lipinski definition) is 1. The first-order valence-electron chi connectivity index (χ1n) is 13.4. The molecular weight excluding hydrogens is 486 g/mol. The summed E-state index contributed by atoms with van der Waals surface area (Å²) >= 11 is 0. The zero-order valence-corrected chi connectivity index (χ0v) is 22.1. The molecule has 3 aromatic heterocycles. The maximum atomic E-state index is 13.4. The van der Waals surface area contributed by atoms with Gasteiger partial charge in [0.1, 0.15) is 5.82 Å². The lowest BCUT2D eigenvalue weighted by molar-refractivity contribution is -0.122. The SMILES string of the molecule is CN(C)c1nc2ccc1CCCn1cc(c3ccccc31)C1=C(C(=O)NC1=O)c1cn(c3ccccc13)CC2. The summed E-state index contributed by atoms with van der Waals surface area (Å²) in [7, 11) is 4.09. The quantitative estimate of drug-likeness (QED) is 0.325. The number of aryl methyl sites for hydroxylation is 4. The summed E-state index contributed by atoms with van der Waals surface area (Å²) in [4.78, 5) is 33.9. The third-order valence-electron chi connectivity index (χ3n) is 7.94. The van der Waals surface area contributed by atoms with Crippen molar-refractivity contribution in [1.82, 2.24) is 19.4 Å². The van der Waals surface area contributed by atoms with Crippen molar-refractivity contribution in [2.45, 2.75) is 32.4 Å². The molecule has 3 aliphatic rings. The predicted molar refractivity (Wildman–Crippen MR) is 154 cm³/mol. The van der Waals surface area contributed by atoms with Crippen molar-refractivity contribution in [3.05, 3.63) is 95.4 Å². The average Bonchev–Trinajstić information content (AvgIpc) is 3.58.